The molecular weight excluding hydrogens is 284 g/mol. The summed E-state index contributed by atoms with van der Waals surface area (Å²) in [6.07, 6.45) is 4.69. The van der Waals surface area contributed by atoms with Gasteiger partial charge in [-0.05, 0) is 13.0 Å². The summed E-state index contributed by atoms with van der Waals surface area (Å²) in [5.74, 6) is 1.08. The van der Waals surface area contributed by atoms with Crippen LogP contribution in [0.25, 0.3) is 0 Å². The zero-order chi connectivity index (χ0) is 15.4. The fourth-order valence-electron chi connectivity index (χ4n) is 2.66. The number of amides is 1. The standard InChI is InChI=1S/C15H20N4O3/c1-11-7-13(22-18-11)8-12-9-21-10-14(12)17-15(20)3-6-19-5-2-4-16-19/h2,4-5,7,12,14H,3,6,8-10H2,1H3,(H,17,20)/t12-,14+/m1/s1. The lowest BCUT2D eigenvalue weighted by Gasteiger charge is -2.18. The van der Waals surface area contributed by atoms with Crippen LogP contribution in [0.3, 0.4) is 0 Å². The normalized spacial score (nSPS) is 21.1. The predicted octanol–water partition coefficient (Wildman–Crippen LogP) is 0.944. The van der Waals surface area contributed by atoms with Gasteiger partial charge in [-0.1, -0.05) is 5.16 Å². The first-order chi connectivity index (χ1) is 10.7. The van der Waals surface area contributed by atoms with Crippen molar-refractivity contribution < 1.29 is 14.1 Å². The van der Waals surface area contributed by atoms with Gasteiger partial charge in [0.25, 0.3) is 0 Å². The summed E-state index contributed by atoms with van der Waals surface area (Å²) in [6, 6.07) is 3.79. The molecule has 3 heterocycles. The summed E-state index contributed by atoms with van der Waals surface area (Å²) >= 11 is 0. The van der Waals surface area contributed by atoms with Gasteiger partial charge in [-0.2, -0.15) is 5.10 Å². The maximum absolute atomic E-state index is 12.1. The third-order valence-corrected chi connectivity index (χ3v) is 3.81. The highest BCUT2D eigenvalue weighted by Crippen LogP contribution is 2.19. The second kappa shape index (κ2) is 6.74. The van der Waals surface area contributed by atoms with Crippen molar-refractivity contribution in [1.82, 2.24) is 20.3 Å². The topological polar surface area (TPSA) is 82.2 Å². The van der Waals surface area contributed by atoms with Gasteiger partial charge in [-0.3, -0.25) is 9.48 Å². The second-order valence-electron chi connectivity index (χ2n) is 5.63. The molecule has 7 nitrogen and oxygen atoms in total. The Morgan fingerprint density at radius 2 is 2.41 bits per heavy atom. The third-order valence-electron chi connectivity index (χ3n) is 3.81. The summed E-state index contributed by atoms with van der Waals surface area (Å²) in [7, 11) is 0. The first-order valence-electron chi connectivity index (χ1n) is 7.47. The van der Waals surface area contributed by atoms with Gasteiger partial charge in [0.15, 0.2) is 0 Å². The number of ether oxygens (including phenoxy) is 1. The molecule has 0 aromatic carbocycles. The van der Waals surface area contributed by atoms with Crippen LogP contribution in [0.5, 0.6) is 0 Å². The van der Waals surface area contributed by atoms with Gasteiger partial charge in [-0.15, -0.1) is 0 Å². The number of carbonyl (C=O) groups is 1. The number of hydrogen-bond acceptors (Lipinski definition) is 5. The number of rotatable bonds is 6. The van der Waals surface area contributed by atoms with Crippen LogP contribution >= 0.6 is 0 Å². The number of hydrogen-bond donors (Lipinski definition) is 1. The van der Waals surface area contributed by atoms with E-state index in [1.54, 1.807) is 10.9 Å². The molecule has 2 aromatic heterocycles. The van der Waals surface area contributed by atoms with Gasteiger partial charge in [0, 0.05) is 43.8 Å². The van der Waals surface area contributed by atoms with E-state index in [0.717, 1.165) is 17.9 Å². The SMILES string of the molecule is Cc1cc(C[C@@H]2COC[C@@H]2NC(=O)CCn2cccn2)on1. The molecule has 1 fully saturated rings. The van der Waals surface area contributed by atoms with E-state index in [0.29, 0.717) is 26.2 Å². The molecule has 0 radical (unpaired) electrons. The highest BCUT2D eigenvalue weighted by atomic mass is 16.5. The maximum atomic E-state index is 12.1. The third kappa shape index (κ3) is 3.73. The van der Waals surface area contributed by atoms with Crippen LogP contribution in [-0.4, -0.2) is 40.1 Å². The molecule has 3 rings (SSSR count). The molecule has 0 aliphatic carbocycles. The number of aryl methyl sites for hydroxylation is 2. The molecule has 0 spiro atoms. The molecule has 0 unspecified atom stereocenters. The molecule has 1 aliphatic rings. The van der Waals surface area contributed by atoms with Crippen LogP contribution in [0.4, 0.5) is 0 Å². The number of aromatic nitrogens is 3. The Balaban J connectivity index is 1.49. The monoisotopic (exact) mass is 304 g/mol. The number of nitrogens with zero attached hydrogens (tertiary/aromatic N) is 3. The maximum Gasteiger partial charge on any atom is 0.222 e. The Labute approximate surface area is 128 Å². The zero-order valence-electron chi connectivity index (χ0n) is 12.6. The summed E-state index contributed by atoms with van der Waals surface area (Å²) < 4.78 is 12.5. The van der Waals surface area contributed by atoms with Crippen molar-refractivity contribution in [1.29, 1.82) is 0 Å². The average molecular weight is 304 g/mol. The molecule has 1 aliphatic heterocycles. The first kappa shape index (κ1) is 14.8. The van der Waals surface area contributed by atoms with Crippen LogP contribution in [-0.2, 0) is 22.5 Å². The van der Waals surface area contributed by atoms with Crippen LogP contribution in [0.2, 0.25) is 0 Å². The average Bonchev–Trinajstić information content (AvgIpc) is 3.21. The molecule has 1 saturated heterocycles. The van der Waals surface area contributed by atoms with Crippen LogP contribution in [0.1, 0.15) is 17.9 Å². The number of carbonyl (C=O) groups excluding carboxylic acids is 1. The Hall–Kier alpha value is -2.15. The number of nitrogens with one attached hydrogen (secondary N) is 1. The minimum absolute atomic E-state index is 0.0183. The molecule has 7 heteroatoms. The molecular formula is C15H20N4O3. The van der Waals surface area contributed by atoms with Crippen LogP contribution in [0.15, 0.2) is 29.0 Å². The fraction of sp³-hybridized carbons (Fsp3) is 0.533. The summed E-state index contributed by atoms with van der Waals surface area (Å²) in [5, 5.41) is 11.0. The minimum Gasteiger partial charge on any atom is -0.379 e. The van der Waals surface area contributed by atoms with E-state index in [-0.39, 0.29) is 17.9 Å². The first-order valence-corrected chi connectivity index (χ1v) is 7.47. The van der Waals surface area contributed by atoms with Crippen molar-refractivity contribution in [3.63, 3.8) is 0 Å². The highest BCUT2D eigenvalue weighted by Gasteiger charge is 2.30. The van der Waals surface area contributed by atoms with Crippen LogP contribution in [0, 0.1) is 12.8 Å². The molecule has 118 valence electrons. The van der Waals surface area contributed by atoms with Crippen molar-refractivity contribution in [3.8, 4) is 0 Å². The van der Waals surface area contributed by atoms with Crippen molar-refractivity contribution in [2.75, 3.05) is 13.2 Å². The van der Waals surface area contributed by atoms with Gasteiger partial charge in [0.05, 0.1) is 24.9 Å². The minimum atomic E-state index is 0.0183. The van der Waals surface area contributed by atoms with Crippen molar-refractivity contribution in [2.45, 2.75) is 32.4 Å². The lowest BCUT2D eigenvalue weighted by molar-refractivity contribution is -0.122. The van der Waals surface area contributed by atoms with Gasteiger partial charge in [0.1, 0.15) is 5.76 Å². The Morgan fingerprint density at radius 1 is 1.50 bits per heavy atom. The highest BCUT2D eigenvalue weighted by molar-refractivity contribution is 5.76. The van der Waals surface area contributed by atoms with E-state index >= 15 is 0 Å². The van der Waals surface area contributed by atoms with Crippen LogP contribution < -0.4 is 5.32 Å². The zero-order valence-corrected chi connectivity index (χ0v) is 12.6. The lowest BCUT2D eigenvalue weighted by Crippen LogP contribution is -2.40. The quantitative estimate of drug-likeness (QED) is 0.859. The summed E-state index contributed by atoms with van der Waals surface area (Å²) in [6.45, 7) is 3.65. The van der Waals surface area contributed by atoms with E-state index in [4.69, 9.17) is 9.26 Å². The smallest absolute Gasteiger partial charge is 0.222 e. The largest absolute Gasteiger partial charge is 0.379 e. The van der Waals surface area contributed by atoms with E-state index in [1.165, 1.54) is 0 Å². The Kier molecular flexibility index (Phi) is 4.53. The van der Waals surface area contributed by atoms with Crippen molar-refractivity contribution in [3.05, 3.63) is 36.0 Å². The van der Waals surface area contributed by atoms with Crippen molar-refractivity contribution in [2.24, 2.45) is 5.92 Å². The molecule has 22 heavy (non-hydrogen) atoms. The summed E-state index contributed by atoms with van der Waals surface area (Å²) in [4.78, 5) is 12.1. The molecule has 0 bridgehead atoms. The summed E-state index contributed by atoms with van der Waals surface area (Å²) in [5.41, 5.74) is 0.869. The van der Waals surface area contributed by atoms with E-state index < -0.39 is 0 Å². The molecule has 1 N–H and O–H groups in total. The van der Waals surface area contributed by atoms with E-state index in [2.05, 4.69) is 15.6 Å². The second-order valence-corrected chi connectivity index (χ2v) is 5.63. The lowest BCUT2D eigenvalue weighted by atomic mass is 9.98. The van der Waals surface area contributed by atoms with Gasteiger partial charge >= 0.3 is 0 Å². The van der Waals surface area contributed by atoms with E-state index in [9.17, 15) is 4.79 Å². The molecule has 1 amide bonds. The van der Waals surface area contributed by atoms with Gasteiger partial charge in [-0.25, -0.2) is 0 Å². The molecule has 2 aromatic rings. The Bertz CT molecular complexity index is 608. The van der Waals surface area contributed by atoms with E-state index in [1.807, 2.05) is 25.3 Å². The predicted molar refractivity (Wildman–Crippen MR) is 78.0 cm³/mol. The van der Waals surface area contributed by atoms with Gasteiger partial charge in [0.2, 0.25) is 5.91 Å². The molecule has 0 saturated carbocycles. The Morgan fingerprint density at radius 3 is 3.14 bits per heavy atom. The van der Waals surface area contributed by atoms with Gasteiger partial charge < -0.3 is 14.6 Å². The molecule has 2 atom stereocenters. The van der Waals surface area contributed by atoms with Crippen molar-refractivity contribution >= 4 is 5.91 Å². The fourth-order valence-corrected chi connectivity index (χ4v) is 2.66.